The predicted octanol–water partition coefficient (Wildman–Crippen LogP) is 4.17. The Kier molecular flexibility index (Phi) is 3.54. The third kappa shape index (κ3) is 2.47. The van der Waals surface area contributed by atoms with Crippen LogP contribution in [0.4, 0.5) is 5.69 Å². The molecule has 0 aromatic heterocycles. The zero-order valence-electron chi connectivity index (χ0n) is 11.2. The van der Waals surface area contributed by atoms with Crippen molar-refractivity contribution in [2.45, 2.75) is 39.2 Å². The van der Waals surface area contributed by atoms with Gasteiger partial charge in [-0.2, -0.15) is 5.26 Å². The summed E-state index contributed by atoms with van der Waals surface area (Å²) in [7, 11) is 0. The van der Waals surface area contributed by atoms with Gasteiger partial charge in [0.15, 0.2) is 0 Å². The molecule has 1 unspecified atom stereocenters. The van der Waals surface area contributed by atoms with Crippen molar-refractivity contribution in [3.63, 3.8) is 0 Å². The molecule has 0 amide bonds. The highest BCUT2D eigenvalue weighted by atomic mass is 35.5. The van der Waals surface area contributed by atoms with E-state index in [1.165, 1.54) is 0 Å². The molecule has 2 rings (SSSR count). The molecule has 1 fully saturated rings. The van der Waals surface area contributed by atoms with E-state index in [2.05, 4.69) is 36.9 Å². The van der Waals surface area contributed by atoms with Gasteiger partial charge in [-0.05, 0) is 51.3 Å². The summed E-state index contributed by atoms with van der Waals surface area (Å²) in [5.74, 6) is 0.178. The van der Waals surface area contributed by atoms with Crippen LogP contribution in [-0.4, -0.2) is 12.1 Å². The first-order chi connectivity index (χ1) is 8.44. The maximum Gasteiger partial charge on any atom is 0.0657 e. The molecule has 0 N–H and O–H groups in total. The molecule has 0 bridgehead atoms. The van der Waals surface area contributed by atoms with Crippen LogP contribution < -0.4 is 4.90 Å². The summed E-state index contributed by atoms with van der Waals surface area (Å²) in [6, 6.07) is 8.61. The van der Waals surface area contributed by atoms with Gasteiger partial charge in [0.25, 0.3) is 0 Å². The van der Waals surface area contributed by atoms with Crippen molar-refractivity contribution < 1.29 is 0 Å². The normalized spacial score (nSPS) is 22.6. The van der Waals surface area contributed by atoms with Crippen LogP contribution >= 0.6 is 11.6 Å². The topological polar surface area (TPSA) is 27.0 Å². The quantitative estimate of drug-likeness (QED) is 0.760. The van der Waals surface area contributed by atoms with Gasteiger partial charge in [-0.3, -0.25) is 0 Å². The standard InChI is InChI=1S/C15H19ClN2/c1-11-4-5-13(8-14(11)16)18-7-6-12(10-17)9-15(18,2)3/h4-5,8,12H,6-7,9H2,1-3H3. The van der Waals surface area contributed by atoms with Gasteiger partial charge < -0.3 is 4.90 Å². The molecule has 1 aromatic carbocycles. The highest BCUT2D eigenvalue weighted by Gasteiger charge is 2.34. The Morgan fingerprint density at radius 3 is 2.72 bits per heavy atom. The van der Waals surface area contributed by atoms with E-state index in [1.54, 1.807) is 0 Å². The Labute approximate surface area is 114 Å². The first-order valence-corrected chi connectivity index (χ1v) is 6.75. The number of piperidine rings is 1. The summed E-state index contributed by atoms with van der Waals surface area (Å²) < 4.78 is 0. The van der Waals surface area contributed by atoms with Gasteiger partial charge >= 0.3 is 0 Å². The molecule has 0 spiro atoms. The highest BCUT2D eigenvalue weighted by molar-refractivity contribution is 6.31. The average Bonchev–Trinajstić information content (AvgIpc) is 2.31. The summed E-state index contributed by atoms with van der Waals surface area (Å²) in [4.78, 5) is 2.37. The maximum atomic E-state index is 9.07. The first kappa shape index (κ1) is 13.2. The lowest BCUT2D eigenvalue weighted by atomic mass is 9.83. The monoisotopic (exact) mass is 262 g/mol. The van der Waals surface area contributed by atoms with Gasteiger partial charge in [-0.25, -0.2) is 0 Å². The minimum Gasteiger partial charge on any atom is -0.366 e. The molecule has 1 aromatic rings. The van der Waals surface area contributed by atoms with Crippen LogP contribution in [0.25, 0.3) is 0 Å². The van der Waals surface area contributed by atoms with E-state index in [0.29, 0.717) is 0 Å². The number of hydrogen-bond acceptors (Lipinski definition) is 2. The third-order valence-electron chi connectivity index (χ3n) is 3.83. The van der Waals surface area contributed by atoms with E-state index in [4.69, 9.17) is 16.9 Å². The van der Waals surface area contributed by atoms with Crippen molar-refractivity contribution in [2.75, 3.05) is 11.4 Å². The van der Waals surface area contributed by atoms with Gasteiger partial charge in [0, 0.05) is 22.8 Å². The van der Waals surface area contributed by atoms with Crippen LogP contribution in [0.15, 0.2) is 18.2 Å². The summed E-state index contributed by atoms with van der Waals surface area (Å²) >= 11 is 6.20. The van der Waals surface area contributed by atoms with Crippen molar-refractivity contribution in [2.24, 2.45) is 5.92 Å². The second kappa shape index (κ2) is 4.82. The molecule has 0 aliphatic carbocycles. The largest absolute Gasteiger partial charge is 0.366 e. The van der Waals surface area contributed by atoms with Crippen molar-refractivity contribution in [1.82, 2.24) is 0 Å². The van der Waals surface area contributed by atoms with E-state index in [0.717, 1.165) is 35.7 Å². The lowest BCUT2D eigenvalue weighted by Gasteiger charge is -2.45. The molecule has 2 nitrogen and oxygen atoms in total. The van der Waals surface area contributed by atoms with Crippen molar-refractivity contribution in [3.8, 4) is 6.07 Å². The Balaban J connectivity index is 2.28. The van der Waals surface area contributed by atoms with Crippen LogP contribution in [0.3, 0.4) is 0 Å². The van der Waals surface area contributed by atoms with Crippen molar-refractivity contribution in [3.05, 3.63) is 28.8 Å². The number of aryl methyl sites for hydroxylation is 1. The number of rotatable bonds is 1. The zero-order chi connectivity index (χ0) is 13.3. The number of anilines is 1. The fraction of sp³-hybridized carbons (Fsp3) is 0.533. The van der Waals surface area contributed by atoms with Gasteiger partial charge in [-0.1, -0.05) is 17.7 Å². The Morgan fingerprint density at radius 2 is 2.17 bits per heavy atom. The number of benzene rings is 1. The molecule has 0 saturated carbocycles. The number of nitriles is 1. The Morgan fingerprint density at radius 1 is 1.44 bits per heavy atom. The van der Waals surface area contributed by atoms with Gasteiger partial charge in [-0.15, -0.1) is 0 Å². The second-order valence-electron chi connectivity index (χ2n) is 5.72. The SMILES string of the molecule is Cc1ccc(N2CCC(C#N)CC2(C)C)cc1Cl. The summed E-state index contributed by atoms with van der Waals surface area (Å²) in [6.07, 6.45) is 1.85. The Hall–Kier alpha value is -1.20. The van der Waals surface area contributed by atoms with E-state index in [1.807, 2.05) is 13.0 Å². The molecule has 1 atom stereocenters. The minimum atomic E-state index is 0.0111. The molecule has 18 heavy (non-hydrogen) atoms. The Bertz CT molecular complexity index is 488. The predicted molar refractivity (Wildman–Crippen MR) is 76.0 cm³/mol. The van der Waals surface area contributed by atoms with E-state index in [-0.39, 0.29) is 11.5 Å². The maximum absolute atomic E-state index is 9.07. The molecule has 1 aliphatic heterocycles. The second-order valence-corrected chi connectivity index (χ2v) is 6.12. The molecule has 1 aliphatic rings. The molecular formula is C15H19ClN2. The highest BCUT2D eigenvalue weighted by Crippen LogP contribution is 2.36. The number of halogens is 1. The van der Waals surface area contributed by atoms with Crippen molar-refractivity contribution in [1.29, 1.82) is 5.26 Å². The zero-order valence-corrected chi connectivity index (χ0v) is 12.0. The fourth-order valence-corrected chi connectivity index (χ4v) is 2.92. The summed E-state index contributed by atoms with van der Waals surface area (Å²) in [5, 5.41) is 9.88. The van der Waals surface area contributed by atoms with Crippen LogP contribution in [0.2, 0.25) is 5.02 Å². The average molecular weight is 263 g/mol. The molecule has 1 heterocycles. The lowest BCUT2D eigenvalue weighted by molar-refractivity contribution is 0.315. The number of nitrogens with zero attached hydrogens (tertiary/aromatic N) is 2. The van der Waals surface area contributed by atoms with Gasteiger partial charge in [0.05, 0.1) is 12.0 Å². The first-order valence-electron chi connectivity index (χ1n) is 6.37. The van der Waals surface area contributed by atoms with Crippen LogP contribution in [0.1, 0.15) is 32.3 Å². The van der Waals surface area contributed by atoms with E-state index >= 15 is 0 Å². The number of hydrogen-bond donors (Lipinski definition) is 0. The smallest absolute Gasteiger partial charge is 0.0657 e. The van der Waals surface area contributed by atoms with Crippen LogP contribution in [0.5, 0.6) is 0 Å². The van der Waals surface area contributed by atoms with Gasteiger partial charge in [0.1, 0.15) is 0 Å². The van der Waals surface area contributed by atoms with Crippen molar-refractivity contribution >= 4 is 17.3 Å². The van der Waals surface area contributed by atoms with Crippen LogP contribution in [0, 0.1) is 24.2 Å². The minimum absolute atomic E-state index is 0.0111. The van der Waals surface area contributed by atoms with E-state index < -0.39 is 0 Å². The third-order valence-corrected chi connectivity index (χ3v) is 4.23. The summed E-state index contributed by atoms with van der Waals surface area (Å²) in [5.41, 5.74) is 2.27. The lowest BCUT2D eigenvalue weighted by Crippen LogP contribution is -2.50. The molecule has 96 valence electrons. The van der Waals surface area contributed by atoms with E-state index in [9.17, 15) is 0 Å². The molecule has 0 radical (unpaired) electrons. The van der Waals surface area contributed by atoms with Gasteiger partial charge in [0.2, 0.25) is 0 Å². The molecular weight excluding hydrogens is 244 g/mol. The van der Waals surface area contributed by atoms with Crippen LogP contribution in [-0.2, 0) is 0 Å². The fourth-order valence-electron chi connectivity index (χ4n) is 2.74. The molecule has 1 saturated heterocycles. The molecule has 3 heteroatoms. The summed E-state index contributed by atoms with van der Waals surface area (Å²) in [6.45, 7) is 7.33.